The van der Waals surface area contributed by atoms with Crippen molar-refractivity contribution in [2.45, 2.75) is 32.3 Å². The van der Waals surface area contributed by atoms with Crippen molar-refractivity contribution in [3.8, 4) is 0 Å². The molecule has 1 amide bonds. The number of carbonyl (C=O) groups excluding carboxylic acids is 1. The van der Waals surface area contributed by atoms with Crippen molar-refractivity contribution in [1.29, 1.82) is 0 Å². The molecule has 2 aromatic rings. The van der Waals surface area contributed by atoms with E-state index in [0.717, 1.165) is 30.3 Å². The van der Waals surface area contributed by atoms with Gasteiger partial charge in [-0.3, -0.25) is 4.79 Å². The van der Waals surface area contributed by atoms with Crippen molar-refractivity contribution in [2.75, 3.05) is 31.1 Å². The van der Waals surface area contributed by atoms with Gasteiger partial charge >= 0.3 is 0 Å². The number of rotatable bonds is 6. The number of anilines is 1. The van der Waals surface area contributed by atoms with Gasteiger partial charge in [-0.25, -0.2) is 4.98 Å². The van der Waals surface area contributed by atoms with Gasteiger partial charge in [0, 0.05) is 31.0 Å². The molecule has 1 atom stereocenters. The van der Waals surface area contributed by atoms with E-state index in [2.05, 4.69) is 36.7 Å². The largest absolute Gasteiger partial charge is 0.370 e. The van der Waals surface area contributed by atoms with Crippen LogP contribution in [-0.2, 0) is 11.2 Å². The second-order valence-electron chi connectivity index (χ2n) is 6.28. The molecule has 0 radical (unpaired) electrons. The smallest absolute Gasteiger partial charge is 0.253 e. The lowest BCUT2D eigenvalue weighted by molar-refractivity contribution is -0.0393. The number of morpholine rings is 1. The highest BCUT2D eigenvalue weighted by Crippen LogP contribution is 2.25. The molecule has 0 spiro atoms. The Morgan fingerprint density at radius 3 is 3.12 bits per heavy atom. The zero-order valence-electron chi connectivity index (χ0n) is 14.4. The fourth-order valence-corrected chi connectivity index (χ4v) is 3.43. The van der Waals surface area contributed by atoms with E-state index in [4.69, 9.17) is 4.74 Å². The fraction of sp³-hybridized carbons (Fsp3) is 0.562. The molecule has 3 rings (SSSR count). The Labute approximate surface area is 150 Å². The number of aryl methyl sites for hydroxylation is 1. The maximum absolute atomic E-state index is 12.2. The molecular weight excluding hydrogens is 340 g/mol. The Kier molecular flexibility index (Phi) is 5.54. The quantitative estimate of drug-likeness (QED) is 0.828. The van der Waals surface area contributed by atoms with Gasteiger partial charge in [-0.15, -0.1) is 0 Å². The summed E-state index contributed by atoms with van der Waals surface area (Å²) in [7, 11) is 0. The molecule has 1 saturated heterocycles. The Bertz CT molecular complexity index is 710. The van der Waals surface area contributed by atoms with Crippen LogP contribution >= 0.6 is 11.5 Å². The molecule has 1 aliphatic heterocycles. The maximum atomic E-state index is 12.2. The summed E-state index contributed by atoms with van der Waals surface area (Å²) < 4.78 is 10.3. The zero-order valence-corrected chi connectivity index (χ0v) is 15.3. The van der Waals surface area contributed by atoms with Crippen molar-refractivity contribution in [1.82, 2.24) is 24.9 Å². The minimum atomic E-state index is -0.481. The maximum Gasteiger partial charge on any atom is 0.253 e. The Morgan fingerprint density at radius 1 is 1.48 bits per heavy atom. The first-order valence-electron chi connectivity index (χ1n) is 8.36. The SMILES string of the molecule is CCCc1nsc(N2CCOC(C)(CNC(=O)c3ccnnc3)C2)n1. The van der Waals surface area contributed by atoms with Gasteiger partial charge in [0.2, 0.25) is 5.13 Å². The number of ether oxygens (including phenoxy) is 1. The van der Waals surface area contributed by atoms with Crippen molar-refractivity contribution in [3.05, 3.63) is 29.8 Å². The lowest BCUT2D eigenvalue weighted by Crippen LogP contribution is -2.55. The molecule has 134 valence electrons. The molecule has 25 heavy (non-hydrogen) atoms. The number of nitrogens with one attached hydrogen (secondary N) is 1. The van der Waals surface area contributed by atoms with Crippen LogP contribution in [0.1, 0.15) is 36.5 Å². The van der Waals surface area contributed by atoms with Crippen molar-refractivity contribution < 1.29 is 9.53 Å². The van der Waals surface area contributed by atoms with E-state index in [1.54, 1.807) is 6.07 Å². The van der Waals surface area contributed by atoms with Crippen molar-refractivity contribution in [3.63, 3.8) is 0 Å². The third-order valence-electron chi connectivity index (χ3n) is 4.01. The molecule has 2 aromatic heterocycles. The molecular formula is C16H22N6O2S. The van der Waals surface area contributed by atoms with Gasteiger partial charge in [-0.1, -0.05) is 6.92 Å². The second-order valence-corrected chi connectivity index (χ2v) is 7.01. The summed E-state index contributed by atoms with van der Waals surface area (Å²) >= 11 is 1.42. The Morgan fingerprint density at radius 2 is 2.36 bits per heavy atom. The standard InChI is InChI=1S/C16H22N6O2S/c1-3-4-13-20-15(25-21-13)22-7-8-24-16(2,11-22)10-17-14(23)12-5-6-18-19-9-12/h5-6,9H,3-4,7-8,10-11H2,1-2H3,(H,17,23). The Hall–Kier alpha value is -2.13. The molecule has 0 aromatic carbocycles. The average molecular weight is 362 g/mol. The van der Waals surface area contributed by atoms with E-state index < -0.39 is 5.60 Å². The first-order chi connectivity index (χ1) is 12.1. The Balaban J connectivity index is 1.60. The molecule has 1 N–H and O–H groups in total. The van der Waals surface area contributed by atoms with Gasteiger partial charge in [0.25, 0.3) is 5.91 Å². The van der Waals surface area contributed by atoms with Gasteiger partial charge in [0.15, 0.2) is 0 Å². The van der Waals surface area contributed by atoms with Crippen molar-refractivity contribution in [2.24, 2.45) is 0 Å². The first kappa shape index (κ1) is 17.7. The molecule has 1 unspecified atom stereocenters. The van der Waals surface area contributed by atoms with Gasteiger partial charge in [0.05, 0.1) is 31.1 Å². The number of amides is 1. The average Bonchev–Trinajstić information content (AvgIpc) is 3.10. The van der Waals surface area contributed by atoms with Crippen LogP contribution < -0.4 is 10.2 Å². The third-order valence-corrected chi connectivity index (χ3v) is 4.82. The number of nitrogens with zero attached hydrogens (tertiary/aromatic N) is 5. The van der Waals surface area contributed by atoms with Crippen LogP contribution in [0.5, 0.6) is 0 Å². The molecule has 1 aliphatic rings. The topological polar surface area (TPSA) is 93.1 Å². The highest BCUT2D eigenvalue weighted by Gasteiger charge is 2.34. The molecule has 3 heterocycles. The van der Waals surface area contributed by atoms with Gasteiger partial charge in [-0.2, -0.15) is 14.6 Å². The van der Waals surface area contributed by atoms with E-state index in [-0.39, 0.29) is 5.91 Å². The third kappa shape index (κ3) is 4.49. The summed E-state index contributed by atoms with van der Waals surface area (Å²) in [5.41, 5.74) is 0.00455. The van der Waals surface area contributed by atoms with Gasteiger partial charge in [-0.05, 0) is 19.4 Å². The molecule has 9 heteroatoms. The van der Waals surface area contributed by atoms with E-state index in [9.17, 15) is 4.79 Å². The summed E-state index contributed by atoms with van der Waals surface area (Å²) in [4.78, 5) is 19.0. The van der Waals surface area contributed by atoms with E-state index in [0.29, 0.717) is 25.3 Å². The predicted molar refractivity (Wildman–Crippen MR) is 94.8 cm³/mol. The normalized spacial score (nSPS) is 20.5. The van der Waals surface area contributed by atoms with Gasteiger partial charge < -0.3 is 15.0 Å². The van der Waals surface area contributed by atoms with Crippen LogP contribution in [0.15, 0.2) is 18.5 Å². The molecule has 1 fully saturated rings. The minimum absolute atomic E-state index is 0.182. The number of hydrogen-bond donors (Lipinski definition) is 1. The van der Waals surface area contributed by atoms with E-state index in [1.165, 1.54) is 23.9 Å². The van der Waals surface area contributed by atoms with E-state index in [1.807, 2.05) is 6.92 Å². The first-order valence-corrected chi connectivity index (χ1v) is 9.13. The van der Waals surface area contributed by atoms with Crippen LogP contribution in [-0.4, -0.2) is 57.3 Å². The van der Waals surface area contributed by atoms with Crippen LogP contribution in [0.3, 0.4) is 0 Å². The summed E-state index contributed by atoms with van der Waals surface area (Å²) in [5.74, 6) is 0.715. The molecule has 0 saturated carbocycles. The van der Waals surface area contributed by atoms with Gasteiger partial charge in [0.1, 0.15) is 11.4 Å². The second kappa shape index (κ2) is 7.83. The summed E-state index contributed by atoms with van der Waals surface area (Å²) in [6.45, 7) is 6.55. The molecule has 0 aliphatic carbocycles. The number of aromatic nitrogens is 4. The number of carbonyl (C=O) groups is 1. The van der Waals surface area contributed by atoms with Crippen molar-refractivity contribution >= 4 is 22.6 Å². The summed E-state index contributed by atoms with van der Waals surface area (Å²) in [6.07, 6.45) is 4.88. The lowest BCUT2D eigenvalue weighted by Gasteiger charge is -2.40. The highest BCUT2D eigenvalue weighted by atomic mass is 32.1. The minimum Gasteiger partial charge on any atom is -0.370 e. The van der Waals surface area contributed by atoms with E-state index >= 15 is 0 Å². The summed E-state index contributed by atoms with van der Waals surface area (Å²) in [6, 6.07) is 1.63. The van der Waals surface area contributed by atoms with Crippen LogP contribution in [0, 0.1) is 0 Å². The van der Waals surface area contributed by atoms with Crippen LogP contribution in [0.2, 0.25) is 0 Å². The molecule has 8 nitrogen and oxygen atoms in total. The predicted octanol–water partition coefficient (Wildman–Crippen LogP) is 1.31. The zero-order chi connectivity index (χ0) is 17.7. The highest BCUT2D eigenvalue weighted by molar-refractivity contribution is 7.09. The lowest BCUT2D eigenvalue weighted by atomic mass is 10.0. The van der Waals surface area contributed by atoms with Crippen LogP contribution in [0.4, 0.5) is 5.13 Å². The number of hydrogen-bond acceptors (Lipinski definition) is 8. The molecule has 0 bridgehead atoms. The van der Waals surface area contributed by atoms with Crippen LogP contribution in [0.25, 0.3) is 0 Å². The monoisotopic (exact) mass is 362 g/mol. The summed E-state index contributed by atoms with van der Waals surface area (Å²) in [5, 5.41) is 11.2. The fourth-order valence-electron chi connectivity index (χ4n) is 2.69.